The molecule has 0 aliphatic carbocycles. The zero-order valence-corrected chi connectivity index (χ0v) is 29.4. The lowest BCUT2D eigenvalue weighted by atomic mass is 10.2. The monoisotopic (exact) mass is 653 g/mol. The molecule has 0 aliphatic rings. The van der Waals surface area contributed by atoms with Gasteiger partial charge in [0.05, 0.1) is 0 Å². The van der Waals surface area contributed by atoms with E-state index in [0.717, 1.165) is 0 Å². The van der Waals surface area contributed by atoms with Gasteiger partial charge in [0.25, 0.3) is 0 Å². The standard InChI is InChI=1S/3C14H15N.BO3/c3*1-11-3-7-13(8-4-11)15-14-9-5-12(2)6-10-14;2-1(3)4/h3*3-10,15H,1-2H3;/q;;;-3/p+3. The summed E-state index contributed by atoms with van der Waals surface area (Å²) in [5.41, 5.74) is 15.3. The van der Waals surface area contributed by atoms with Crippen molar-refractivity contribution in [2.75, 3.05) is 0 Å². The molecule has 0 bridgehead atoms. The van der Waals surface area contributed by atoms with E-state index in [-0.39, 0.29) is 0 Å². The Labute approximate surface area is 292 Å². The van der Waals surface area contributed by atoms with E-state index in [0.29, 0.717) is 0 Å². The highest BCUT2D eigenvalue weighted by molar-refractivity contribution is 6.24. The number of hydrogen-bond donors (Lipinski definition) is 3. The Hall–Kier alpha value is -4.86. The van der Waals surface area contributed by atoms with Crippen LogP contribution in [0.15, 0.2) is 146 Å². The molecule has 252 valence electrons. The fourth-order valence-corrected chi connectivity index (χ4v) is 4.55. The van der Waals surface area contributed by atoms with Crippen molar-refractivity contribution in [1.29, 1.82) is 0 Å². The number of rotatable bonds is 6. The SMILES string of the molecule is Cc1ccc([NH2+]c2ccc(C)cc2)cc1.Cc1ccc([NH2+]c2ccc(C)cc2)cc1.Cc1ccc([NH2+]c2ccc(C)cc2)cc1.[O-]B([O-])[O-]. The van der Waals surface area contributed by atoms with E-state index in [4.69, 9.17) is 15.1 Å². The van der Waals surface area contributed by atoms with Crippen LogP contribution >= 0.6 is 0 Å². The molecule has 7 heteroatoms. The summed E-state index contributed by atoms with van der Waals surface area (Å²) < 4.78 is 0. The lowest BCUT2D eigenvalue weighted by Crippen LogP contribution is -2.70. The molecule has 0 heterocycles. The molecule has 6 aromatic rings. The molecule has 0 radical (unpaired) electrons. The van der Waals surface area contributed by atoms with Gasteiger partial charge in [-0.3, -0.25) is 23.3 Å². The molecule has 0 spiro atoms. The van der Waals surface area contributed by atoms with Gasteiger partial charge < -0.3 is 15.1 Å². The smallest absolute Gasteiger partial charge is 0.134 e. The van der Waals surface area contributed by atoms with Gasteiger partial charge in [0, 0.05) is 0 Å². The number of quaternary nitrogens is 3. The van der Waals surface area contributed by atoms with E-state index in [2.05, 4.69) is 203 Å². The highest BCUT2D eigenvalue weighted by Gasteiger charge is 2.01. The Morgan fingerprint density at radius 3 is 0.469 bits per heavy atom. The summed E-state index contributed by atoms with van der Waals surface area (Å²) in [6, 6.07) is 51.4. The van der Waals surface area contributed by atoms with Crippen LogP contribution in [0.25, 0.3) is 0 Å². The molecule has 6 N–H and O–H groups in total. The average molecular weight is 654 g/mol. The topological polar surface area (TPSA) is 119 Å². The van der Waals surface area contributed by atoms with Crippen LogP contribution < -0.4 is 31.0 Å². The van der Waals surface area contributed by atoms with Crippen molar-refractivity contribution in [3.05, 3.63) is 179 Å². The largest absolute Gasteiger partial charge is 0.907 e. The molecule has 0 unspecified atom stereocenters. The zero-order valence-electron chi connectivity index (χ0n) is 29.4. The molecule has 0 saturated heterocycles. The second-order valence-corrected chi connectivity index (χ2v) is 12.2. The third-order valence-corrected chi connectivity index (χ3v) is 7.46. The predicted octanol–water partition coefficient (Wildman–Crippen LogP) is 4.54. The van der Waals surface area contributed by atoms with Crippen LogP contribution in [0.5, 0.6) is 0 Å². The summed E-state index contributed by atoms with van der Waals surface area (Å²) in [5, 5.41) is 31.8. The molecule has 0 aromatic heterocycles. The first-order valence-corrected chi connectivity index (χ1v) is 16.4. The lowest BCUT2D eigenvalue weighted by molar-refractivity contribution is -0.480. The minimum absolute atomic E-state index is 1.25. The lowest BCUT2D eigenvalue weighted by Gasteiger charge is -2.35. The second-order valence-electron chi connectivity index (χ2n) is 12.2. The minimum atomic E-state index is -2.92. The average Bonchev–Trinajstić information content (AvgIpc) is 3.08. The van der Waals surface area contributed by atoms with Crippen LogP contribution in [0.3, 0.4) is 0 Å². The van der Waals surface area contributed by atoms with Crippen LogP contribution in [-0.2, 0) is 0 Å². The molecule has 0 fully saturated rings. The van der Waals surface area contributed by atoms with E-state index in [1.54, 1.807) is 0 Å². The molecular weight excluding hydrogens is 605 g/mol. The van der Waals surface area contributed by atoms with E-state index < -0.39 is 7.32 Å². The highest BCUT2D eigenvalue weighted by Crippen LogP contribution is 2.10. The van der Waals surface area contributed by atoms with Crippen LogP contribution in [0.1, 0.15) is 33.4 Å². The Balaban J connectivity index is 0.000000188. The van der Waals surface area contributed by atoms with Gasteiger partial charge in [-0.05, 0) is 114 Å². The number of aryl methyl sites for hydroxylation is 6. The normalized spacial score (nSPS) is 9.98. The van der Waals surface area contributed by atoms with Gasteiger partial charge in [0.2, 0.25) is 0 Å². The molecule has 49 heavy (non-hydrogen) atoms. The fourth-order valence-electron chi connectivity index (χ4n) is 4.55. The molecule has 0 amide bonds. The Bertz CT molecular complexity index is 1430. The van der Waals surface area contributed by atoms with Gasteiger partial charge >= 0.3 is 0 Å². The maximum atomic E-state index is 8.42. The van der Waals surface area contributed by atoms with Crippen LogP contribution in [0, 0.1) is 41.5 Å². The minimum Gasteiger partial charge on any atom is -0.907 e. The molecule has 0 saturated carbocycles. The number of nitrogens with two attached hydrogens (primary N) is 3. The summed E-state index contributed by atoms with van der Waals surface area (Å²) in [4.78, 5) is 0. The van der Waals surface area contributed by atoms with Gasteiger partial charge in [0.15, 0.2) is 0 Å². The van der Waals surface area contributed by atoms with E-state index in [1.165, 1.54) is 67.5 Å². The van der Waals surface area contributed by atoms with Gasteiger partial charge in [-0.15, -0.1) is 0 Å². The van der Waals surface area contributed by atoms with Crippen molar-refractivity contribution < 1.29 is 31.0 Å². The van der Waals surface area contributed by atoms with Crippen LogP contribution in [0.4, 0.5) is 34.1 Å². The summed E-state index contributed by atoms with van der Waals surface area (Å²) in [6.45, 7) is 12.6. The maximum Gasteiger partial charge on any atom is 0.134 e. The third kappa shape index (κ3) is 16.2. The van der Waals surface area contributed by atoms with E-state index >= 15 is 0 Å². The van der Waals surface area contributed by atoms with E-state index in [1.807, 2.05) is 0 Å². The highest BCUT2D eigenvalue weighted by atomic mass is 16.5. The molecular formula is C42H48BN3O3. The number of hydrogen-bond acceptors (Lipinski definition) is 3. The van der Waals surface area contributed by atoms with Crippen LogP contribution in [0.2, 0.25) is 0 Å². The van der Waals surface area contributed by atoms with Gasteiger partial charge in [-0.1, -0.05) is 106 Å². The van der Waals surface area contributed by atoms with E-state index in [9.17, 15) is 0 Å². The predicted molar refractivity (Wildman–Crippen MR) is 197 cm³/mol. The van der Waals surface area contributed by atoms with Crippen molar-refractivity contribution in [3.8, 4) is 0 Å². The maximum absolute atomic E-state index is 8.42. The van der Waals surface area contributed by atoms with Gasteiger partial charge in [-0.2, -0.15) is 0 Å². The fraction of sp³-hybridized carbons (Fsp3) is 0.143. The second kappa shape index (κ2) is 20.5. The van der Waals surface area contributed by atoms with Crippen molar-refractivity contribution in [1.82, 2.24) is 0 Å². The Morgan fingerprint density at radius 1 is 0.265 bits per heavy atom. The summed E-state index contributed by atoms with van der Waals surface area (Å²) >= 11 is 0. The summed E-state index contributed by atoms with van der Waals surface area (Å²) in [7, 11) is -2.92. The third-order valence-electron chi connectivity index (χ3n) is 7.46. The Kier molecular flexibility index (Phi) is 16.1. The van der Waals surface area contributed by atoms with Crippen molar-refractivity contribution in [2.45, 2.75) is 41.5 Å². The first kappa shape index (κ1) is 38.6. The Morgan fingerprint density at radius 2 is 0.367 bits per heavy atom. The molecule has 6 rings (SSSR count). The first-order valence-electron chi connectivity index (χ1n) is 16.4. The van der Waals surface area contributed by atoms with Crippen molar-refractivity contribution in [3.63, 3.8) is 0 Å². The van der Waals surface area contributed by atoms with Crippen molar-refractivity contribution >= 4 is 41.4 Å². The van der Waals surface area contributed by atoms with Crippen molar-refractivity contribution in [2.24, 2.45) is 0 Å². The summed E-state index contributed by atoms with van der Waals surface area (Å²) in [5.74, 6) is 0. The first-order chi connectivity index (χ1) is 23.4. The van der Waals surface area contributed by atoms with Gasteiger partial charge in [-0.25, -0.2) is 0 Å². The van der Waals surface area contributed by atoms with Gasteiger partial charge in [0.1, 0.15) is 34.1 Å². The molecule has 6 aromatic carbocycles. The zero-order chi connectivity index (χ0) is 35.6. The molecule has 6 nitrogen and oxygen atoms in total. The number of benzene rings is 6. The quantitative estimate of drug-likeness (QED) is 0.181. The molecule has 0 aliphatic heterocycles. The van der Waals surface area contributed by atoms with Crippen LogP contribution in [-0.4, -0.2) is 7.32 Å². The summed E-state index contributed by atoms with van der Waals surface area (Å²) in [6.07, 6.45) is 0. The molecule has 0 atom stereocenters.